The third-order valence-corrected chi connectivity index (χ3v) is 4.75. The Hall–Kier alpha value is -3.28. The van der Waals surface area contributed by atoms with Crippen LogP contribution in [0.1, 0.15) is 33.8 Å². The van der Waals surface area contributed by atoms with Gasteiger partial charge in [0, 0.05) is 23.4 Å². The van der Waals surface area contributed by atoms with Crippen LogP contribution in [0.3, 0.4) is 0 Å². The van der Waals surface area contributed by atoms with Gasteiger partial charge in [-0.3, -0.25) is 0 Å². The van der Waals surface area contributed by atoms with Crippen molar-refractivity contribution < 1.29 is 4.39 Å². The zero-order valence-corrected chi connectivity index (χ0v) is 16.4. The number of nitrogens with one attached hydrogen (secondary N) is 1. The van der Waals surface area contributed by atoms with Crippen molar-refractivity contribution in [3.05, 3.63) is 82.1 Å². The van der Waals surface area contributed by atoms with Crippen LogP contribution in [0.2, 0.25) is 0 Å². The maximum absolute atomic E-state index is 13.5. The lowest BCUT2D eigenvalue weighted by Gasteiger charge is -2.13. The molecule has 0 bridgehead atoms. The SMILES string of the molecule is Cc1cc(C)cc(Nc2c(C)c(C)nc3nc(Cc4cccc(F)c4)nn23)c1. The van der Waals surface area contributed by atoms with Crippen LogP contribution in [-0.4, -0.2) is 19.6 Å². The minimum Gasteiger partial charge on any atom is -0.340 e. The molecule has 1 N–H and O–H groups in total. The molecule has 0 saturated carbocycles. The summed E-state index contributed by atoms with van der Waals surface area (Å²) in [5, 5.41) is 8.12. The first-order chi connectivity index (χ1) is 13.4. The van der Waals surface area contributed by atoms with E-state index in [4.69, 9.17) is 0 Å². The van der Waals surface area contributed by atoms with Gasteiger partial charge in [0.15, 0.2) is 5.82 Å². The maximum atomic E-state index is 13.5. The van der Waals surface area contributed by atoms with Crippen molar-refractivity contribution in [3.8, 4) is 0 Å². The Morgan fingerprint density at radius 1 is 0.964 bits per heavy atom. The van der Waals surface area contributed by atoms with E-state index in [1.807, 2.05) is 19.9 Å². The Kier molecular flexibility index (Phi) is 4.55. The van der Waals surface area contributed by atoms with Gasteiger partial charge in [-0.2, -0.15) is 9.50 Å². The molecule has 6 heteroatoms. The Bertz CT molecular complexity index is 1160. The van der Waals surface area contributed by atoms with E-state index in [0.29, 0.717) is 18.0 Å². The first kappa shape index (κ1) is 18.1. The Balaban J connectivity index is 1.76. The van der Waals surface area contributed by atoms with Crippen molar-refractivity contribution in [1.29, 1.82) is 0 Å². The molecule has 142 valence electrons. The summed E-state index contributed by atoms with van der Waals surface area (Å²) in [5.74, 6) is 1.71. The molecule has 28 heavy (non-hydrogen) atoms. The fourth-order valence-electron chi connectivity index (χ4n) is 3.37. The molecular formula is C22H22FN5. The lowest BCUT2D eigenvalue weighted by Crippen LogP contribution is -2.06. The van der Waals surface area contributed by atoms with Crippen LogP contribution >= 0.6 is 0 Å². The van der Waals surface area contributed by atoms with Gasteiger partial charge in [-0.05, 0) is 68.7 Å². The Morgan fingerprint density at radius 2 is 1.71 bits per heavy atom. The van der Waals surface area contributed by atoms with Crippen LogP contribution in [-0.2, 0) is 6.42 Å². The number of hydrogen-bond acceptors (Lipinski definition) is 4. The van der Waals surface area contributed by atoms with Crippen LogP contribution in [0.4, 0.5) is 15.9 Å². The molecule has 0 spiro atoms. The van der Waals surface area contributed by atoms with E-state index in [1.54, 1.807) is 10.6 Å². The molecule has 0 aliphatic heterocycles. The normalized spacial score (nSPS) is 11.2. The average Bonchev–Trinajstić information content (AvgIpc) is 3.00. The second-order valence-corrected chi connectivity index (χ2v) is 7.22. The fourth-order valence-corrected chi connectivity index (χ4v) is 3.37. The molecule has 0 unspecified atom stereocenters. The summed E-state index contributed by atoms with van der Waals surface area (Å²) in [7, 11) is 0. The van der Waals surface area contributed by atoms with Gasteiger partial charge in [-0.15, -0.1) is 5.10 Å². The molecule has 0 radical (unpaired) electrons. The number of anilines is 2. The van der Waals surface area contributed by atoms with Crippen molar-refractivity contribution in [1.82, 2.24) is 19.6 Å². The highest BCUT2D eigenvalue weighted by molar-refractivity contribution is 5.63. The minimum absolute atomic E-state index is 0.261. The highest BCUT2D eigenvalue weighted by Gasteiger charge is 2.15. The molecule has 4 aromatic rings. The molecule has 4 rings (SSSR count). The van der Waals surface area contributed by atoms with Gasteiger partial charge in [0.2, 0.25) is 0 Å². The molecule has 2 heterocycles. The number of fused-ring (bicyclic) bond motifs is 1. The summed E-state index contributed by atoms with van der Waals surface area (Å²) in [6.45, 7) is 8.12. The van der Waals surface area contributed by atoms with Gasteiger partial charge >= 0.3 is 0 Å². The predicted molar refractivity (Wildman–Crippen MR) is 109 cm³/mol. The van der Waals surface area contributed by atoms with Crippen LogP contribution < -0.4 is 5.32 Å². The molecule has 0 aliphatic carbocycles. The van der Waals surface area contributed by atoms with Gasteiger partial charge in [-0.25, -0.2) is 9.37 Å². The zero-order valence-electron chi connectivity index (χ0n) is 16.4. The van der Waals surface area contributed by atoms with E-state index in [0.717, 1.165) is 28.3 Å². The lowest BCUT2D eigenvalue weighted by molar-refractivity contribution is 0.625. The molecule has 0 fully saturated rings. The van der Waals surface area contributed by atoms with Gasteiger partial charge in [0.25, 0.3) is 5.78 Å². The van der Waals surface area contributed by atoms with E-state index in [2.05, 4.69) is 52.4 Å². The van der Waals surface area contributed by atoms with Crippen LogP contribution in [0, 0.1) is 33.5 Å². The van der Waals surface area contributed by atoms with Crippen molar-refractivity contribution in [3.63, 3.8) is 0 Å². The first-order valence-corrected chi connectivity index (χ1v) is 9.21. The number of rotatable bonds is 4. The Morgan fingerprint density at radius 3 is 2.43 bits per heavy atom. The minimum atomic E-state index is -0.261. The topological polar surface area (TPSA) is 55.1 Å². The second-order valence-electron chi connectivity index (χ2n) is 7.22. The summed E-state index contributed by atoms with van der Waals surface area (Å²) >= 11 is 0. The standard InChI is InChI=1S/C22H22FN5/c1-13-8-14(2)10-19(9-13)25-21-15(3)16(4)24-22-26-20(27-28(21)22)12-17-6-5-7-18(23)11-17/h5-11,25H,12H2,1-4H3. The monoisotopic (exact) mass is 375 g/mol. The second kappa shape index (κ2) is 7.03. The van der Waals surface area contributed by atoms with Crippen LogP contribution in [0.5, 0.6) is 0 Å². The molecule has 2 aromatic carbocycles. The summed E-state index contributed by atoms with van der Waals surface area (Å²) < 4.78 is 15.2. The van der Waals surface area contributed by atoms with Crippen molar-refractivity contribution in [2.75, 3.05) is 5.32 Å². The smallest absolute Gasteiger partial charge is 0.254 e. The van der Waals surface area contributed by atoms with E-state index in [1.165, 1.54) is 23.3 Å². The molecule has 0 aliphatic rings. The molecule has 5 nitrogen and oxygen atoms in total. The van der Waals surface area contributed by atoms with Gasteiger partial charge in [0.05, 0.1) is 0 Å². The predicted octanol–water partition coefficient (Wildman–Crippen LogP) is 4.83. The third kappa shape index (κ3) is 3.58. The number of aromatic nitrogens is 4. The van der Waals surface area contributed by atoms with Crippen molar-refractivity contribution in [2.24, 2.45) is 0 Å². The van der Waals surface area contributed by atoms with Crippen LogP contribution in [0.15, 0.2) is 42.5 Å². The number of aryl methyl sites for hydroxylation is 3. The number of halogens is 1. The van der Waals surface area contributed by atoms with Gasteiger partial charge < -0.3 is 5.32 Å². The van der Waals surface area contributed by atoms with Gasteiger partial charge in [-0.1, -0.05) is 18.2 Å². The molecule has 0 saturated heterocycles. The van der Waals surface area contributed by atoms with E-state index in [9.17, 15) is 4.39 Å². The molecule has 2 aromatic heterocycles. The van der Waals surface area contributed by atoms with E-state index in [-0.39, 0.29) is 5.82 Å². The number of benzene rings is 2. The molecular weight excluding hydrogens is 353 g/mol. The van der Waals surface area contributed by atoms with Crippen molar-refractivity contribution >= 4 is 17.3 Å². The summed E-state index contributed by atoms with van der Waals surface area (Å²) in [6, 6.07) is 12.8. The van der Waals surface area contributed by atoms with E-state index >= 15 is 0 Å². The molecule has 0 atom stereocenters. The summed E-state index contributed by atoms with van der Waals surface area (Å²) in [4.78, 5) is 9.12. The number of hydrogen-bond donors (Lipinski definition) is 1. The highest BCUT2D eigenvalue weighted by atomic mass is 19.1. The largest absolute Gasteiger partial charge is 0.340 e. The third-order valence-electron chi connectivity index (χ3n) is 4.75. The van der Waals surface area contributed by atoms with E-state index < -0.39 is 0 Å². The Labute approximate surface area is 163 Å². The maximum Gasteiger partial charge on any atom is 0.254 e. The quantitative estimate of drug-likeness (QED) is 0.555. The fraction of sp³-hybridized carbons (Fsp3) is 0.227. The average molecular weight is 375 g/mol. The number of nitrogens with zero attached hydrogens (tertiary/aromatic N) is 4. The van der Waals surface area contributed by atoms with Crippen molar-refractivity contribution in [2.45, 2.75) is 34.1 Å². The lowest BCUT2D eigenvalue weighted by atomic mass is 10.1. The summed E-state index contributed by atoms with van der Waals surface area (Å²) in [6.07, 6.45) is 0.447. The summed E-state index contributed by atoms with van der Waals surface area (Å²) in [5.41, 5.74) is 6.10. The first-order valence-electron chi connectivity index (χ1n) is 9.21. The highest BCUT2D eigenvalue weighted by Crippen LogP contribution is 2.24. The van der Waals surface area contributed by atoms with Crippen LogP contribution in [0.25, 0.3) is 5.78 Å². The molecule has 0 amide bonds. The zero-order chi connectivity index (χ0) is 19.8. The van der Waals surface area contributed by atoms with Gasteiger partial charge in [0.1, 0.15) is 11.6 Å².